The zero-order chi connectivity index (χ0) is 13.4. The van der Waals surface area contributed by atoms with Crippen molar-refractivity contribution in [1.82, 2.24) is 19.4 Å². The third kappa shape index (κ3) is 2.00. The van der Waals surface area contributed by atoms with Crippen molar-refractivity contribution in [3.05, 3.63) is 42.5 Å². The summed E-state index contributed by atoms with van der Waals surface area (Å²) < 4.78 is 3.60. The van der Waals surface area contributed by atoms with Crippen molar-refractivity contribution < 1.29 is 0 Å². The van der Waals surface area contributed by atoms with Crippen molar-refractivity contribution in [3.8, 4) is 11.1 Å². The Morgan fingerprint density at radius 3 is 2.68 bits per heavy atom. The van der Waals surface area contributed by atoms with Gasteiger partial charge in [-0.3, -0.25) is 4.68 Å². The molecule has 0 fully saturated rings. The Bertz CT molecular complexity index is 711. The number of hydrogen-bond donors (Lipinski definition) is 2. The van der Waals surface area contributed by atoms with Gasteiger partial charge in [-0.1, -0.05) is 6.07 Å². The molecule has 0 aromatic carbocycles. The van der Waals surface area contributed by atoms with E-state index in [9.17, 15) is 0 Å². The van der Waals surface area contributed by atoms with E-state index in [4.69, 9.17) is 11.5 Å². The molecule has 0 amide bonds. The lowest BCUT2D eigenvalue weighted by atomic mass is 10.1. The van der Waals surface area contributed by atoms with E-state index >= 15 is 0 Å². The number of nitrogens with two attached hydrogens (primary N) is 2. The SMILES string of the molecule is Cn1cc(-c2ccc3c(C(N)CN)cnn3c2)cn1. The van der Waals surface area contributed by atoms with Gasteiger partial charge >= 0.3 is 0 Å². The Balaban J connectivity index is 2.08. The molecule has 1 unspecified atom stereocenters. The molecular weight excluding hydrogens is 240 g/mol. The fraction of sp³-hybridized carbons (Fsp3) is 0.231. The maximum absolute atomic E-state index is 5.97. The maximum atomic E-state index is 5.97. The smallest absolute Gasteiger partial charge is 0.0710 e. The molecule has 0 bridgehead atoms. The minimum absolute atomic E-state index is 0.179. The van der Waals surface area contributed by atoms with Gasteiger partial charge in [-0.05, 0) is 6.07 Å². The summed E-state index contributed by atoms with van der Waals surface area (Å²) in [7, 11) is 1.90. The first-order valence-electron chi connectivity index (χ1n) is 6.11. The number of aromatic nitrogens is 4. The van der Waals surface area contributed by atoms with E-state index in [1.54, 1.807) is 10.9 Å². The number of fused-ring (bicyclic) bond motifs is 1. The average Bonchev–Trinajstić information content (AvgIpc) is 3.03. The van der Waals surface area contributed by atoms with Crippen LogP contribution >= 0.6 is 0 Å². The van der Waals surface area contributed by atoms with Crippen LogP contribution in [0.4, 0.5) is 0 Å². The van der Waals surface area contributed by atoms with Crippen LogP contribution in [0.25, 0.3) is 16.6 Å². The topological polar surface area (TPSA) is 87.2 Å². The van der Waals surface area contributed by atoms with E-state index in [2.05, 4.69) is 10.2 Å². The van der Waals surface area contributed by atoms with Crippen LogP contribution in [0, 0.1) is 0 Å². The van der Waals surface area contributed by atoms with Crippen molar-refractivity contribution >= 4 is 5.52 Å². The Hall–Kier alpha value is -2.18. The largest absolute Gasteiger partial charge is 0.329 e. The van der Waals surface area contributed by atoms with Gasteiger partial charge in [-0.15, -0.1) is 0 Å². The van der Waals surface area contributed by atoms with E-state index < -0.39 is 0 Å². The third-order valence-electron chi connectivity index (χ3n) is 3.24. The van der Waals surface area contributed by atoms with E-state index in [-0.39, 0.29) is 6.04 Å². The fourth-order valence-corrected chi connectivity index (χ4v) is 2.16. The van der Waals surface area contributed by atoms with Gasteiger partial charge in [-0.2, -0.15) is 10.2 Å². The van der Waals surface area contributed by atoms with Gasteiger partial charge in [0.2, 0.25) is 0 Å². The molecule has 0 aliphatic heterocycles. The van der Waals surface area contributed by atoms with Crippen LogP contribution in [-0.2, 0) is 7.05 Å². The Kier molecular flexibility index (Phi) is 2.81. The van der Waals surface area contributed by atoms with E-state index in [1.165, 1.54) is 0 Å². The number of nitrogens with zero attached hydrogens (tertiary/aromatic N) is 4. The molecule has 0 spiro atoms. The summed E-state index contributed by atoms with van der Waals surface area (Å²) in [6.07, 6.45) is 7.55. The van der Waals surface area contributed by atoms with Crippen molar-refractivity contribution in [1.29, 1.82) is 0 Å². The van der Waals surface area contributed by atoms with Crippen LogP contribution < -0.4 is 11.5 Å². The molecule has 4 N–H and O–H groups in total. The van der Waals surface area contributed by atoms with Crippen molar-refractivity contribution in [3.63, 3.8) is 0 Å². The second-order valence-corrected chi connectivity index (χ2v) is 4.59. The second-order valence-electron chi connectivity index (χ2n) is 4.59. The van der Waals surface area contributed by atoms with E-state index in [0.717, 1.165) is 22.2 Å². The van der Waals surface area contributed by atoms with E-state index in [0.29, 0.717) is 6.54 Å². The lowest BCUT2D eigenvalue weighted by Gasteiger charge is -2.06. The predicted molar refractivity (Wildman–Crippen MR) is 73.4 cm³/mol. The van der Waals surface area contributed by atoms with Crippen LogP contribution in [0.2, 0.25) is 0 Å². The zero-order valence-corrected chi connectivity index (χ0v) is 10.7. The Morgan fingerprint density at radius 1 is 1.16 bits per heavy atom. The van der Waals surface area contributed by atoms with Crippen LogP contribution in [-0.4, -0.2) is 25.9 Å². The number of rotatable bonds is 3. The Morgan fingerprint density at radius 2 is 2.00 bits per heavy atom. The normalized spacial score (nSPS) is 13.0. The number of pyridine rings is 1. The summed E-state index contributed by atoms with van der Waals surface area (Å²) in [4.78, 5) is 0. The molecular formula is C13H16N6. The summed E-state index contributed by atoms with van der Waals surface area (Å²) in [5.74, 6) is 0. The quantitative estimate of drug-likeness (QED) is 0.722. The van der Waals surface area contributed by atoms with Gasteiger partial charge in [0.05, 0.1) is 17.9 Å². The van der Waals surface area contributed by atoms with Gasteiger partial charge in [0.25, 0.3) is 0 Å². The molecule has 98 valence electrons. The lowest BCUT2D eigenvalue weighted by molar-refractivity contribution is 0.743. The zero-order valence-electron chi connectivity index (χ0n) is 10.7. The molecule has 0 saturated heterocycles. The van der Waals surface area contributed by atoms with Crippen LogP contribution in [0.1, 0.15) is 11.6 Å². The van der Waals surface area contributed by atoms with Crippen molar-refractivity contribution in [2.24, 2.45) is 18.5 Å². The first-order chi connectivity index (χ1) is 9.19. The summed E-state index contributed by atoms with van der Waals surface area (Å²) in [6, 6.07) is 3.88. The maximum Gasteiger partial charge on any atom is 0.0710 e. The Labute approximate surface area is 110 Å². The van der Waals surface area contributed by atoms with Crippen LogP contribution in [0.15, 0.2) is 36.9 Å². The molecule has 0 radical (unpaired) electrons. The highest BCUT2D eigenvalue weighted by Gasteiger charge is 2.11. The van der Waals surface area contributed by atoms with E-state index in [1.807, 2.05) is 42.3 Å². The van der Waals surface area contributed by atoms with Gasteiger partial charge in [0.15, 0.2) is 0 Å². The molecule has 1 atom stereocenters. The van der Waals surface area contributed by atoms with Gasteiger partial charge in [0, 0.05) is 48.7 Å². The molecule has 0 aliphatic carbocycles. The third-order valence-corrected chi connectivity index (χ3v) is 3.24. The van der Waals surface area contributed by atoms with Gasteiger partial charge in [-0.25, -0.2) is 4.52 Å². The highest BCUT2D eigenvalue weighted by atomic mass is 15.2. The van der Waals surface area contributed by atoms with Gasteiger partial charge in [0.1, 0.15) is 0 Å². The molecule has 0 aliphatic rings. The summed E-state index contributed by atoms with van der Waals surface area (Å²) >= 11 is 0. The standard InChI is InChI=1S/C13H16N6/c1-18-7-10(5-16-18)9-2-3-13-11(12(15)4-14)6-17-19(13)8-9/h2-3,5-8,12H,4,14-15H2,1H3. The van der Waals surface area contributed by atoms with Crippen molar-refractivity contribution in [2.75, 3.05) is 6.54 Å². The molecule has 19 heavy (non-hydrogen) atoms. The lowest BCUT2D eigenvalue weighted by Crippen LogP contribution is -2.20. The molecule has 3 rings (SSSR count). The highest BCUT2D eigenvalue weighted by molar-refractivity contribution is 5.66. The first kappa shape index (κ1) is 11.9. The molecule has 6 nitrogen and oxygen atoms in total. The number of hydrogen-bond acceptors (Lipinski definition) is 4. The first-order valence-corrected chi connectivity index (χ1v) is 6.11. The number of aryl methyl sites for hydroxylation is 1. The van der Waals surface area contributed by atoms with Crippen LogP contribution in [0.3, 0.4) is 0 Å². The molecule has 6 heteroatoms. The predicted octanol–water partition coefficient (Wildman–Crippen LogP) is 0.693. The molecule has 3 aromatic rings. The molecule has 0 saturated carbocycles. The van der Waals surface area contributed by atoms with Crippen LogP contribution in [0.5, 0.6) is 0 Å². The fourth-order valence-electron chi connectivity index (χ4n) is 2.16. The van der Waals surface area contributed by atoms with Crippen molar-refractivity contribution in [2.45, 2.75) is 6.04 Å². The highest BCUT2D eigenvalue weighted by Crippen LogP contribution is 2.22. The monoisotopic (exact) mass is 256 g/mol. The summed E-state index contributed by atoms with van der Waals surface area (Å²) in [5.41, 5.74) is 15.7. The molecule has 3 aromatic heterocycles. The molecule has 3 heterocycles. The second kappa shape index (κ2) is 4.49. The average molecular weight is 256 g/mol. The minimum atomic E-state index is -0.179. The summed E-state index contributed by atoms with van der Waals surface area (Å²) in [6.45, 7) is 0.408. The minimum Gasteiger partial charge on any atom is -0.329 e. The van der Waals surface area contributed by atoms with Gasteiger partial charge < -0.3 is 11.5 Å². The summed E-state index contributed by atoms with van der Waals surface area (Å²) in [5, 5.41) is 8.50.